The zero-order valence-electron chi connectivity index (χ0n) is 15.1. The van der Waals surface area contributed by atoms with Crippen molar-refractivity contribution in [3.8, 4) is 0 Å². The lowest BCUT2D eigenvalue weighted by molar-refractivity contribution is -0.151. The second kappa shape index (κ2) is 13.9. The molecule has 2 nitrogen and oxygen atoms in total. The van der Waals surface area contributed by atoms with E-state index in [9.17, 15) is 4.79 Å². The first-order chi connectivity index (χ1) is 8.71. The number of esters is 1. The van der Waals surface area contributed by atoms with Crippen molar-refractivity contribution in [3.63, 3.8) is 0 Å². The van der Waals surface area contributed by atoms with Crippen molar-refractivity contribution in [3.05, 3.63) is 0 Å². The lowest BCUT2D eigenvalue weighted by Gasteiger charge is -2.24. The lowest BCUT2D eigenvalue weighted by atomic mass is 9.82. The summed E-state index contributed by atoms with van der Waals surface area (Å²) in [5, 5.41) is 0. The molecule has 118 valence electrons. The van der Waals surface area contributed by atoms with Gasteiger partial charge in [0.25, 0.3) is 0 Å². The summed E-state index contributed by atoms with van der Waals surface area (Å²) in [6, 6.07) is 0. The Bertz CT molecular complexity index is 195. The molecule has 0 aliphatic heterocycles. The molecule has 0 N–H and O–H groups in total. The van der Waals surface area contributed by atoms with Gasteiger partial charge in [-0.05, 0) is 32.1 Å². The largest absolute Gasteiger partial charge is 0.469 e. The average molecular weight is 274 g/mol. The van der Waals surface area contributed by atoms with Crippen LogP contribution in [0.3, 0.4) is 0 Å². The molecule has 0 heterocycles. The number of carbonyl (C=O) groups is 1. The first kappa shape index (κ1) is 23.6. The first-order valence-electron chi connectivity index (χ1n) is 7.79. The quantitative estimate of drug-likeness (QED) is 0.601. The van der Waals surface area contributed by atoms with Crippen molar-refractivity contribution in [2.75, 3.05) is 7.11 Å². The number of methoxy groups -OCH3 is 1. The fraction of sp³-hybridized carbons (Fsp3) is 0.941. The van der Waals surface area contributed by atoms with Gasteiger partial charge in [0, 0.05) is 0 Å². The molecule has 0 aliphatic carbocycles. The average Bonchev–Trinajstić information content (AvgIpc) is 2.39. The maximum Gasteiger partial charge on any atom is 0.311 e. The molecular weight excluding hydrogens is 236 g/mol. The van der Waals surface area contributed by atoms with Crippen LogP contribution in [-0.4, -0.2) is 13.1 Å². The van der Waals surface area contributed by atoms with Crippen molar-refractivity contribution < 1.29 is 9.53 Å². The molecule has 0 aliphatic rings. The minimum Gasteiger partial charge on any atom is -0.469 e. The Balaban J connectivity index is -0.000000307. The molecule has 0 aromatic heterocycles. The normalized spacial score (nSPS) is 11.7. The van der Waals surface area contributed by atoms with Crippen LogP contribution in [0.25, 0.3) is 0 Å². The predicted octanol–water partition coefficient (Wildman–Crippen LogP) is 5.70. The highest BCUT2D eigenvalue weighted by Gasteiger charge is 2.29. The molecule has 0 bridgehead atoms. The zero-order valence-corrected chi connectivity index (χ0v) is 15.1. The van der Waals surface area contributed by atoms with Gasteiger partial charge in [-0.3, -0.25) is 4.79 Å². The molecule has 19 heavy (non-hydrogen) atoms. The lowest BCUT2D eigenvalue weighted by Crippen LogP contribution is -2.27. The third kappa shape index (κ3) is 15.4. The van der Waals surface area contributed by atoms with Crippen molar-refractivity contribution in [1.29, 1.82) is 0 Å². The Labute approximate surface area is 122 Å². The number of ether oxygens (including phenoxy) is 1. The molecule has 0 spiro atoms. The Morgan fingerprint density at radius 1 is 1.05 bits per heavy atom. The number of hydrogen-bond acceptors (Lipinski definition) is 2. The van der Waals surface area contributed by atoms with Crippen molar-refractivity contribution in [2.45, 2.75) is 81.6 Å². The SMILES string of the molecule is CC.CCC(C)C.CCC(C)CC(C)(C)C(=O)OC. The van der Waals surface area contributed by atoms with Gasteiger partial charge in [-0.15, -0.1) is 0 Å². The van der Waals surface area contributed by atoms with E-state index >= 15 is 0 Å². The van der Waals surface area contributed by atoms with Crippen LogP contribution in [0.15, 0.2) is 0 Å². The molecule has 0 aromatic rings. The third-order valence-corrected chi connectivity index (χ3v) is 3.11. The van der Waals surface area contributed by atoms with Crippen LogP contribution in [0.1, 0.15) is 81.6 Å². The summed E-state index contributed by atoms with van der Waals surface area (Å²) in [7, 11) is 1.45. The Hall–Kier alpha value is -0.530. The number of hydrogen-bond donors (Lipinski definition) is 0. The van der Waals surface area contributed by atoms with Gasteiger partial charge in [0.1, 0.15) is 0 Å². The predicted molar refractivity (Wildman–Crippen MR) is 86.3 cm³/mol. The Morgan fingerprint density at radius 2 is 1.42 bits per heavy atom. The van der Waals surface area contributed by atoms with Gasteiger partial charge in [0.2, 0.25) is 0 Å². The van der Waals surface area contributed by atoms with E-state index in [4.69, 9.17) is 4.74 Å². The second-order valence-corrected chi connectivity index (χ2v) is 5.90. The van der Waals surface area contributed by atoms with E-state index in [-0.39, 0.29) is 11.4 Å². The minimum atomic E-state index is -0.329. The smallest absolute Gasteiger partial charge is 0.311 e. The molecule has 0 saturated carbocycles. The fourth-order valence-electron chi connectivity index (χ4n) is 1.38. The van der Waals surface area contributed by atoms with Crippen LogP contribution >= 0.6 is 0 Å². The van der Waals surface area contributed by atoms with Crippen LogP contribution in [0.4, 0.5) is 0 Å². The highest BCUT2D eigenvalue weighted by atomic mass is 16.5. The van der Waals surface area contributed by atoms with Crippen LogP contribution < -0.4 is 0 Å². The molecule has 0 aromatic carbocycles. The van der Waals surface area contributed by atoms with Crippen LogP contribution in [-0.2, 0) is 9.53 Å². The van der Waals surface area contributed by atoms with E-state index in [1.807, 2.05) is 27.7 Å². The van der Waals surface area contributed by atoms with Gasteiger partial charge in [-0.25, -0.2) is 0 Å². The summed E-state index contributed by atoms with van der Waals surface area (Å²) < 4.78 is 4.72. The summed E-state index contributed by atoms with van der Waals surface area (Å²) in [5.41, 5.74) is -0.329. The van der Waals surface area contributed by atoms with Crippen molar-refractivity contribution in [1.82, 2.24) is 0 Å². The maximum absolute atomic E-state index is 11.3. The fourth-order valence-corrected chi connectivity index (χ4v) is 1.38. The Kier molecular flexibility index (Phi) is 17.2. The number of carbonyl (C=O) groups excluding carboxylic acids is 1. The zero-order chi connectivity index (χ0) is 16.1. The van der Waals surface area contributed by atoms with E-state index in [0.717, 1.165) is 18.8 Å². The standard InChI is InChI=1S/C10H20O2.C5H12.C2H6/c1-6-8(2)7-10(3,4)9(11)12-5;1-4-5(2)3;1-2/h8H,6-7H2,1-5H3;5H,4H2,1-3H3;1-2H3. The molecule has 0 amide bonds. The highest BCUT2D eigenvalue weighted by Crippen LogP contribution is 2.27. The number of rotatable bonds is 5. The third-order valence-electron chi connectivity index (χ3n) is 3.11. The van der Waals surface area contributed by atoms with Gasteiger partial charge < -0.3 is 4.74 Å². The highest BCUT2D eigenvalue weighted by molar-refractivity contribution is 5.75. The first-order valence-corrected chi connectivity index (χ1v) is 7.79. The van der Waals surface area contributed by atoms with Crippen molar-refractivity contribution >= 4 is 5.97 Å². The minimum absolute atomic E-state index is 0.109. The molecule has 2 heteroatoms. The van der Waals surface area contributed by atoms with E-state index < -0.39 is 0 Å². The summed E-state index contributed by atoms with van der Waals surface area (Å²) >= 11 is 0. The molecule has 0 fully saturated rings. The van der Waals surface area contributed by atoms with Gasteiger partial charge in [0.05, 0.1) is 12.5 Å². The van der Waals surface area contributed by atoms with E-state index in [1.54, 1.807) is 0 Å². The van der Waals surface area contributed by atoms with E-state index in [2.05, 4.69) is 34.6 Å². The van der Waals surface area contributed by atoms with Crippen LogP contribution in [0.5, 0.6) is 0 Å². The van der Waals surface area contributed by atoms with E-state index in [0.29, 0.717) is 5.92 Å². The topological polar surface area (TPSA) is 26.3 Å². The summed E-state index contributed by atoms with van der Waals surface area (Å²) in [5.74, 6) is 1.36. The molecule has 0 radical (unpaired) electrons. The van der Waals surface area contributed by atoms with Gasteiger partial charge in [0.15, 0.2) is 0 Å². The van der Waals surface area contributed by atoms with Gasteiger partial charge >= 0.3 is 5.97 Å². The summed E-state index contributed by atoms with van der Waals surface area (Å²) in [6.07, 6.45) is 3.32. The van der Waals surface area contributed by atoms with Crippen molar-refractivity contribution in [2.24, 2.45) is 17.3 Å². The Morgan fingerprint density at radius 3 is 1.63 bits per heavy atom. The van der Waals surface area contributed by atoms with Gasteiger partial charge in [-0.2, -0.15) is 0 Å². The van der Waals surface area contributed by atoms with Crippen LogP contribution in [0, 0.1) is 17.3 Å². The molecule has 1 atom stereocenters. The van der Waals surface area contributed by atoms with Crippen LogP contribution in [0.2, 0.25) is 0 Å². The second-order valence-electron chi connectivity index (χ2n) is 5.90. The summed E-state index contributed by atoms with van der Waals surface area (Å²) in [6.45, 7) is 18.8. The van der Waals surface area contributed by atoms with E-state index in [1.165, 1.54) is 13.5 Å². The molecule has 0 saturated heterocycles. The summed E-state index contributed by atoms with van der Waals surface area (Å²) in [4.78, 5) is 11.3. The molecule has 0 rings (SSSR count). The maximum atomic E-state index is 11.3. The monoisotopic (exact) mass is 274 g/mol. The molecule has 1 unspecified atom stereocenters. The molecular formula is C17H38O2. The van der Waals surface area contributed by atoms with Gasteiger partial charge in [-0.1, -0.05) is 61.3 Å².